The summed E-state index contributed by atoms with van der Waals surface area (Å²) in [5.74, 6) is -0.0566. The lowest BCUT2D eigenvalue weighted by Gasteiger charge is -2.05. The molecule has 0 saturated heterocycles. The van der Waals surface area contributed by atoms with Crippen molar-refractivity contribution in [3.05, 3.63) is 20.4 Å². The number of rotatable bonds is 1. The summed E-state index contributed by atoms with van der Waals surface area (Å²) in [6, 6.07) is 1.21. The Balaban J connectivity index is 3.28. The molecule has 1 aromatic rings. The normalized spacial score (nSPS) is 10.8. The Hall–Kier alpha value is -0.170. The average molecular weight is 304 g/mol. The molecule has 0 amide bonds. The predicted octanol–water partition coefficient (Wildman–Crippen LogP) is 2.86. The summed E-state index contributed by atoms with van der Waals surface area (Å²) in [5.41, 5.74) is 5.01. The van der Waals surface area contributed by atoms with Crippen LogP contribution in [0.2, 0.25) is 5.02 Å². The second-order valence-corrected chi connectivity index (χ2v) is 3.52. The maximum atomic E-state index is 12.2. The van der Waals surface area contributed by atoms with E-state index in [1.165, 1.54) is 6.07 Å². The van der Waals surface area contributed by atoms with Gasteiger partial charge in [-0.1, -0.05) is 11.6 Å². The molecular formula is C6H4ClF2IN2. The van der Waals surface area contributed by atoms with Crippen LogP contribution in [0.4, 0.5) is 14.6 Å². The first-order valence-corrected chi connectivity index (χ1v) is 4.37. The molecule has 2 N–H and O–H groups in total. The first kappa shape index (κ1) is 9.91. The van der Waals surface area contributed by atoms with Crippen molar-refractivity contribution in [2.45, 2.75) is 6.43 Å². The van der Waals surface area contributed by atoms with E-state index < -0.39 is 6.43 Å². The number of nitrogen functional groups attached to an aromatic ring is 1. The van der Waals surface area contributed by atoms with Gasteiger partial charge in [0.2, 0.25) is 0 Å². The Kier molecular flexibility index (Phi) is 3.05. The van der Waals surface area contributed by atoms with Gasteiger partial charge in [0.25, 0.3) is 6.43 Å². The number of nitrogens with two attached hydrogens (primary N) is 1. The Morgan fingerprint density at radius 1 is 1.58 bits per heavy atom. The lowest BCUT2D eigenvalue weighted by atomic mass is 10.3. The van der Waals surface area contributed by atoms with E-state index >= 15 is 0 Å². The number of aromatic nitrogens is 1. The molecule has 12 heavy (non-hydrogen) atoms. The molecule has 0 fully saturated rings. The standard InChI is InChI=1S/C6H4ClF2IN2/c7-4-2(5(8)9)1-3(10)12-6(4)11/h1,5H,(H2,11,12). The van der Waals surface area contributed by atoms with Crippen molar-refractivity contribution in [1.82, 2.24) is 4.98 Å². The van der Waals surface area contributed by atoms with Crippen molar-refractivity contribution >= 4 is 40.0 Å². The zero-order valence-corrected chi connectivity index (χ0v) is 8.60. The lowest BCUT2D eigenvalue weighted by Crippen LogP contribution is -1.98. The average Bonchev–Trinajstić information content (AvgIpc) is 1.96. The molecule has 0 saturated carbocycles. The smallest absolute Gasteiger partial charge is 0.265 e. The van der Waals surface area contributed by atoms with Crippen LogP contribution < -0.4 is 5.73 Å². The molecule has 1 heterocycles. The number of pyridine rings is 1. The van der Waals surface area contributed by atoms with Crippen molar-refractivity contribution in [2.75, 3.05) is 5.73 Å². The fourth-order valence-electron chi connectivity index (χ4n) is 0.695. The van der Waals surface area contributed by atoms with Crippen LogP contribution in [0.3, 0.4) is 0 Å². The van der Waals surface area contributed by atoms with E-state index in [9.17, 15) is 8.78 Å². The minimum Gasteiger partial charge on any atom is -0.382 e. The number of halogens is 4. The van der Waals surface area contributed by atoms with Gasteiger partial charge in [-0.3, -0.25) is 0 Å². The SMILES string of the molecule is Nc1nc(I)cc(C(F)F)c1Cl. The molecule has 0 aliphatic rings. The van der Waals surface area contributed by atoms with E-state index in [-0.39, 0.29) is 16.4 Å². The third-order valence-electron chi connectivity index (χ3n) is 1.22. The second-order valence-electron chi connectivity index (χ2n) is 2.03. The number of alkyl halides is 2. The van der Waals surface area contributed by atoms with Crippen molar-refractivity contribution in [2.24, 2.45) is 0 Å². The van der Waals surface area contributed by atoms with E-state index in [4.69, 9.17) is 17.3 Å². The molecular weight excluding hydrogens is 300 g/mol. The highest BCUT2D eigenvalue weighted by atomic mass is 127. The highest BCUT2D eigenvalue weighted by Gasteiger charge is 2.15. The molecule has 0 bridgehead atoms. The fourth-order valence-corrected chi connectivity index (χ4v) is 1.47. The Bertz CT molecular complexity index is 306. The van der Waals surface area contributed by atoms with Crippen molar-refractivity contribution in [1.29, 1.82) is 0 Å². The topological polar surface area (TPSA) is 38.9 Å². The largest absolute Gasteiger partial charge is 0.382 e. The minimum atomic E-state index is -2.61. The van der Waals surface area contributed by atoms with E-state index in [0.29, 0.717) is 3.70 Å². The molecule has 0 radical (unpaired) electrons. The predicted molar refractivity (Wildman–Crippen MR) is 51.3 cm³/mol. The molecule has 0 aliphatic carbocycles. The molecule has 0 spiro atoms. The molecule has 1 aromatic heterocycles. The van der Waals surface area contributed by atoms with Crippen molar-refractivity contribution in [3.63, 3.8) is 0 Å². The minimum absolute atomic E-state index is 0.0566. The maximum Gasteiger partial charge on any atom is 0.265 e. The molecule has 1 rings (SSSR count). The van der Waals surface area contributed by atoms with Crippen LogP contribution >= 0.6 is 34.2 Å². The summed E-state index contributed by atoms with van der Waals surface area (Å²) in [6.45, 7) is 0. The summed E-state index contributed by atoms with van der Waals surface area (Å²) in [4.78, 5) is 3.72. The van der Waals surface area contributed by atoms with Gasteiger partial charge in [-0.05, 0) is 28.7 Å². The Morgan fingerprint density at radius 3 is 2.67 bits per heavy atom. The number of hydrogen-bond donors (Lipinski definition) is 1. The summed E-state index contributed by atoms with van der Waals surface area (Å²) in [6.07, 6.45) is -2.61. The van der Waals surface area contributed by atoms with E-state index in [1.807, 2.05) is 0 Å². The van der Waals surface area contributed by atoms with Crippen LogP contribution in [0.5, 0.6) is 0 Å². The summed E-state index contributed by atoms with van der Waals surface area (Å²) in [5, 5.41) is -0.162. The van der Waals surface area contributed by atoms with Gasteiger partial charge in [0.1, 0.15) is 9.52 Å². The summed E-state index contributed by atoms with van der Waals surface area (Å²) < 4.78 is 24.8. The molecule has 2 nitrogen and oxygen atoms in total. The van der Waals surface area contributed by atoms with Gasteiger partial charge in [-0.2, -0.15) is 0 Å². The monoisotopic (exact) mass is 304 g/mol. The van der Waals surface area contributed by atoms with Gasteiger partial charge in [-0.25, -0.2) is 13.8 Å². The third kappa shape index (κ3) is 1.95. The van der Waals surface area contributed by atoms with E-state index in [2.05, 4.69) is 4.98 Å². The Morgan fingerprint density at radius 2 is 2.17 bits per heavy atom. The summed E-state index contributed by atoms with van der Waals surface area (Å²) in [7, 11) is 0. The van der Waals surface area contributed by atoms with Crippen molar-refractivity contribution in [3.8, 4) is 0 Å². The second kappa shape index (κ2) is 3.69. The van der Waals surface area contributed by atoms with Crippen LogP contribution in [0.1, 0.15) is 12.0 Å². The third-order valence-corrected chi connectivity index (χ3v) is 2.18. The van der Waals surface area contributed by atoms with Crippen LogP contribution in [-0.2, 0) is 0 Å². The van der Waals surface area contributed by atoms with Gasteiger partial charge < -0.3 is 5.73 Å². The van der Waals surface area contributed by atoms with Gasteiger partial charge in [0.15, 0.2) is 0 Å². The van der Waals surface area contributed by atoms with E-state index in [1.54, 1.807) is 22.6 Å². The van der Waals surface area contributed by atoms with E-state index in [0.717, 1.165) is 0 Å². The van der Waals surface area contributed by atoms with Crippen molar-refractivity contribution < 1.29 is 8.78 Å². The molecule has 66 valence electrons. The van der Waals surface area contributed by atoms with Crippen LogP contribution in [-0.4, -0.2) is 4.98 Å². The van der Waals surface area contributed by atoms with Crippen LogP contribution in [0, 0.1) is 3.70 Å². The summed E-state index contributed by atoms with van der Waals surface area (Å²) >= 11 is 7.29. The first-order valence-electron chi connectivity index (χ1n) is 2.92. The zero-order chi connectivity index (χ0) is 9.30. The highest BCUT2D eigenvalue weighted by molar-refractivity contribution is 14.1. The first-order chi connectivity index (χ1) is 5.52. The Labute approximate surface area is 86.3 Å². The van der Waals surface area contributed by atoms with Gasteiger partial charge in [0.05, 0.1) is 5.02 Å². The lowest BCUT2D eigenvalue weighted by molar-refractivity contribution is 0.151. The van der Waals surface area contributed by atoms with Gasteiger partial charge in [0, 0.05) is 5.56 Å². The molecule has 0 atom stereocenters. The van der Waals surface area contributed by atoms with Crippen LogP contribution in [0.15, 0.2) is 6.07 Å². The number of anilines is 1. The molecule has 0 aliphatic heterocycles. The molecule has 0 aromatic carbocycles. The highest BCUT2D eigenvalue weighted by Crippen LogP contribution is 2.31. The van der Waals surface area contributed by atoms with Gasteiger partial charge >= 0.3 is 0 Å². The zero-order valence-electron chi connectivity index (χ0n) is 5.69. The molecule has 6 heteroatoms. The van der Waals surface area contributed by atoms with Gasteiger partial charge in [-0.15, -0.1) is 0 Å². The van der Waals surface area contributed by atoms with Crippen LogP contribution in [0.25, 0.3) is 0 Å². The fraction of sp³-hybridized carbons (Fsp3) is 0.167. The quantitative estimate of drug-likeness (QED) is 0.640. The number of nitrogens with zero attached hydrogens (tertiary/aromatic N) is 1. The molecule has 0 unspecified atom stereocenters. The maximum absolute atomic E-state index is 12.2. The number of hydrogen-bond acceptors (Lipinski definition) is 2.